The fraction of sp³-hybridized carbons (Fsp3) is 0.529. The first kappa shape index (κ1) is 17.2. The summed E-state index contributed by atoms with van der Waals surface area (Å²) in [6, 6.07) is 5.03. The van der Waals surface area contributed by atoms with E-state index in [0.29, 0.717) is 30.3 Å². The van der Waals surface area contributed by atoms with Gasteiger partial charge in [-0.3, -0.25) is 9.59 Å². The van der Waals surface area contributed by atoms with Gasteiger partial charge < -0.3 is 9.47 Å². The van der Waals surface area contributed by atoms with Crippen LogP contribution in [0.2, 0.25) is 0 Å². The van der Waals surface area contributed by atoms with Gasteiger partial charge in [-0.25, -0.2) is 0 Å². The summed E-state index contributed by atoms with van der Waals surface area (Å²) in [6.07, 6.45) is -0.0942. The Balaban J connectivity index is 2.95. The van der Waals surface area contributed by atoms with E-state index in [0.717, 1.165) is 0 Å². The third-order valence-electron chi connectivity index (χ3n) is 3.02. The van der Waals surface area contributed by atoms with Crippen molar-refractivity contribution in [2.24, 2.45) is 5.41 Å². The molecule has 0 amide bonds. The van der Waals surface area contributed by atoms with E-state index in [9.17, 15) is 9.59 Å². The van der Waals surface area contributed by atoms with Gasteiger partial charge in [0, 0.05) is 11.0 Å². The molecule has 0 aliphatic rings. The van der Waals surface area contributed by atoms with Gasteiger partial charge in [-0.05, 0) is 32.0 Å². The molecule has 0 saturated carbocycles. The van der Waals surface area contributed by atoms with E-state index in [2.05, 4.69) is 0 Å². The molecule has 0 bridgehead atoms. The van der Waals surface area contributed by atoms with Gasteiger partial charge in [-0.2, -0.15) is 0 Å². The maximum atomic E-state index is 12.2. The fourth-order valence-electron chi connectivity index (χ4n) is 1.74. The normalized spacial score (nSPS) is 11.1. The molecule has 0 atom stereocenters. The molecular formula is C17H24O4. The predicted octanol–water partition coefficient (Wildman–Crippen LogP) is 3.67. The predicted molar refractivity (Wildman–Crippen MR) is 82.2 cm³/mol. The van der Waals surface area contributed by atoms with E-state index in [1.54, 1.807) is 18.2 Å². The van der Waals surface area contributed by atoms with Crippen LogP contribution in [0.3, 0.4) is 0 Å². The highest BCUT2D eigenvalue weighted by Gasteiger charge is 2.24. The van der Waals surface area contributed by atoms with Gasteiger partial charge in [0.25, 0.3) is 0 Å². The smallest absolute Gasteiger partial charge is 0.170 e. The second kappa shape index (κ2) is 7.25. The summed E-state index contributed by atoms with van der Waals surface area (Å²) in [7, 11) is 0. The van der Waals surface area contributed by atoms with E-state index >= 15 is 0 Å². The molecule has 4 heteroatoms. The molecule has 0 saturated heterocycles. The average molecular weight is 292 g/mol. The lowest BCUT2D eigenvalue weighted by molar-refractivity contribution is -0.125. The Morgan fingerprint density at radius 3 is 2.10 bits per heavy atom. The molecule has 0 unspecified atom stereocenters. The molecule has 0 spiro atoms. The minimum Gasteiger partial charge on any atom is -0.490 e. The van der Waals surface area contributed by atoms with E-state index in [4.69, 9.17) is 9.47 Å². The summed E-state index contributed by atoms with van der Waals surface area (Å²) in [5, 5.41) is 0. The number of hydrogen-bond donors (Lipinski definition) is 0. The quantitative estimate of drug-likeness (QED) is 0.568. The second-order valence-corrected chi connectivity index (χ2v) is 5.80. The minimum absolute atomic E-state index is 0.0701. The number of benzene rings is 1. The molecule has 116 valence electrons. The van der Waals surface area contributed by atoms with Gasteiger partial charge in [0.05, 0.1) is 19.6 Å². The van der Waals surface area contributed by atoms with Crippen molar-refractivity contribution in [3.8, 4) is 11.5 Å². The molecule has 21 heavy (non-hydrogen) atoms. The Hall–Kier alpha value is -1.84. The molecule has 4 nitrogen and oxygen atoms in total. The summed E-state index contributed by atoms with van der Waals surface area (Å²) in [4.78, 5) is 24.2. The summed E-state index contributed by atoms with van der Waals surface area (Å²) >= 11 is 0. The highest BCUT2D eigenvalue weighted by molar-refractivity contribution is 6.09. The van der Waals surface area contributed by atoms with Gasteiger partial charge >= 0.3 is 0 Å². The standard InChI is InChI=1S/C17H24O4/c1-6-20-14-9-8-12(10-15(14)21-7-2)13(18)11-16(19)17(3,4)5/h8-10H,6-7,11H2,1-5H3. The molecule has 0 radical (unpaired) electrons. The van der Waals surface area contributed by atoms with E-state index in [1.165, 1.54) is 0 Å². The lowest BCUT2D eigenvalue weighted by atomic mass is 9.87. The maximum absolute atomic E-state index is 12.2. The van der Waals surface area contributed by atoms with Gasteiger partial charge in [0.15, 0.2) is 17.3 Å². The van der Waals surface area contributed by atoms with Crippen LogP contribution in [0.5, 0.6) is 11.5 Å². The lowest BCUT2D eigenvalue weighted by Crippen LogP contribution is -2.23. The van der Waals surface area contributed by atoms with Crippen molar-refractivity contribution in [1.29, 1.82) is 0 Å². The van der Waals surface area contributed by atoms with Crippen molar-refractivity contribution in [2.75, 3.05) is 13.2 Å². The number of Topliss-reactive ketones (excluding diaryl/α,β-unsaturated/α-hetero) is 2. The summed E-state index contributed by atoms with van der Waals surface area (Å²) < 4.78 is 10.9. The van der Waals surface area contributed by atoms with Crippen LogP contribution < -0.4 is 9.47 Å². The van der Waals surface area contributed by atoms with Crippen LogP contribution in [0.1, 0.15) is 51.4 Å². The Morgan fingerprint density at radius 1 is 1.00 bits per heavy atom. The van der Waals surface area contributed by atoms with E-state index in [-0.39, 0.29) is 18.0 Å². The van der Waals surface area contributed by atoms with Crippen molar-refractivity contribution in [1.82, 2.24) is 0 Å². The zero-order valence-electron chi connectivity index (χ0n) is 13.5. The van der Waals surface area contributed by atoms with Crippen molar-refractivity contribution >= 4 is 11.6 Å². The van der Waals surface area contributed by atoms with Crippen LogP contribution in [0, 0.1) is 5.41 Å². The average Bonchev–Trinajstić information content (AvgIpc) is 2.40. The third-order valence-corrected chi connectivity index (χ3v) is 3.02. The molecule has 1 rings (SSSR count). The van der Waals surface area contributed by atoms with Crippen molar-refractivity contribution in [3.05, 3.63) is 23.8 Å². The SMILES string of the molecule is CCOc1ccc(C(=O)CC(=O)C(C)(C)C)cc1OCC. The van der Waals surface area contributed by atoms with Gasteiger partial charge in [0.2, 0.25) is 0 Å². The first-order chi connectivity index (χ1) is 9.79. The first-order valence-corrected chi connectivity index (χ1v) is 7.25. The zero-order chi connectivity index (χ0) is 16.0. The Morgan fingerprint density at radius 2 is 1.57 bits per heavy atom. The summed E-state index contributed by atoms with van der Waals surface area (Å²) in [5.41, 5.74) is -0.0385. The first-order valence-electron chi connectivity index (χ1n) is 7.25. The summed E-state index contributed by atoms with van der Waals surface area (Å²) in [5.74, 6) is 0.879. The number of ketones is 2. The van der Waals surface area contributed by atoms with Gasteiger partial charge in [-0.15, -0.1) is 0 Å². The van der Waals surface area contributed by atoms with Crippen molar-refractivity contribution in [2.45, 2.75) is 41.0 Å². The maximum Gasteiger partial charge on any atom is 0.170 e. The van der Waals surface area contributed by atoms with E-state index in [1.807, 2.05) is 34.6 Å². The van der Waals surface area contributed by atoms with Crippen LogP contribution in [-0.2, 0) is 4.79 Å². The molecule has 0 heterocycles. The number of carbonyl (C=O) groups excluding carboxylic acids is 2. The molecular weight excluding hydrogens is 268 g/mol. The van der Waals surface area contributed by atoms with Gasteiger partial charge in [0.1, 0.15) is 5.78 Å². The van der Waals surface area contributed by atoms with Crippen LogP contribution in [0.4, 0.5) is 0 Å². The molecule has 0 aromatic heterocycles. The van der Waals surface area contributed by atoms with Crippen LogP contribution in [-0.4, -0.2) is 24.8 Å². The van der Waals surface area contributed by atoms with Crippen LogP contribution in [0.15, 0.2) is 18.2 Å². The molecule has 1 aromatic rings. The topological polar surface area (TPSA) is 52.6 Å². The number of carbonyl (C=O) groups is 2. The third kappa shape index (κ3) is 4.88. The monoisotopic (exact) mass is 292 g/mol. The number of rotatable bonds is 7. The highest BCUT2D eigenvalue weighted by Crippen LogP contribution is 2.29. The lowest BCUT2D eigenvalue weighted by Gasteiger charge is -2.16. The second-order valence-electron chi connectivity index (χ2n) is 5.80. The molecule has 1 aromatic carbocycles. The van der Waals surface area contributed by atoms with Crippen LogP contribution in [0.25, 0.3) is 0 Å². The van der Waals surface area contributed by atoms with Crippen molar-refractivity contribution in [3.63, 3.8) is 0 Å². The zero-order valence-corrected chi connectivity index (χ0v) is 13.5. The van der Waals surface area contributed by atoms with E-state index < -0.39 is 5.41 Å². The number of ether oxygens (including phenoxy) is 2. The Bertz CT molecular complexity index is 512. The molecule has 0 aliphatic carbocycles. The molecule has 0 aliphatic heterocycles. The fourth-order valence-corrected chi connectivity index (χ4v) is 1.74. The Kier molecular flexibility index (Phi) is 5.94. The minimum atomic E-state index is -0.510. The van der Waals surface area contributed by atoms with Crippen LogP contribution >= 0.6 is 0 Å². The molecule has 0 fully saturated rings. The number of hydrogen-bond acceptors (Lipinski definition) is 4. The summed E-state index contributed by atoms with van der Waals surface area (Å²) in [6.45, 7) is 10.2. The Labute approximate surface area is 126 Å². The molecule has 0 N–H and O–H groups in total. The van der Waals surface area contributed by atoms with Crippen molar-refractivity contribution < 1.29 is 19.1 Å². The highest BCUT2D eigenvalue weighted by atomic mass is 16.5. The van der Waals surface area contributed by atoms with Gasteiger partial charge in [-0.1, -0.05) is 20.8 Å². The largest absolute Gasteiger partial charge is 0.490 e.